The zero-order chi connectivity index (χ0) is 12.6. The normalized spacial score (nSPS) is 18.4. The van der Waals surface area contributed by atoms with Gasteiger partial charge in [0.05, 0.1) is 11.3 Å². The summed E-state index contributed by atoms with van der Waals surface area (Å²) in [5.41, 5.74) is 7.22. The summed E-state index contributed by atoms with van der Waals surface area (Å²) in [6, 6.07) is 5.11. The Hall–Kier alpha value is -1.71. The van der Waals surface area contributed by atoms with Gasteiger partial charge in [0.15, 0.2) is 0 Å². The SMILES string of the molecule is CC1(C)CCCN1c1ccc(N)cc1C(=O)O. The van der Waals surface area contributed by atoms with Crippen LogP contribution in [0.2, 0.25) is 0 Å². The third-order valence-electron chi connectivity index (χ3n) is 3.44. The molecule has 0 saturated carbocycles. The maximum atomic E-state index is 11.3. The van der Waals surface area contributed by atoms with Crippen LogP contribution in [0.25, 0.3) is 0 Å². The molecule has 0 bridgehead atoms. The second-order valence-electron chi connectivity index (χ2n) is 5.15. The summed E-state index contributed by atoms with van der Waals surface area (Å²) in [6.45, 7) is 5.18. The number of carboxylic acids is 1. The zero-order valence-corrected chi connectivity index (χ0v) is 10.2. The van der Waals surface area contributed by atoms with E-state index in [-0.39, 0.29) is 5.54 Å². The molecule has 0 amide bonds. The lowest BCUT2D eigenvalue weighted by molar-refractivity contribution is 0.0697. The first-order chi connectivity index (χ1) is 7.92. The van der Waals surface area contributed by atoms with Crippen molar-refractivity contribution in [2.45, 2.75) is 32.2 Å². The van der Waals surface area contributed by atoms with Crippen molar-refractivity contribution in [1.82, 2.24) is 0 Å². The maximum absolute atomic E-state index is 11.3. The molecule has 1 aliphatic heterocycles. The number of carbonyl (C=O) groups is 1. The summed E-state index contributed by atoms with van der Waals surface area (Å²) in [5, 5.41) is 9.24. The second-order valence-corrected chi connectivity index (χ2v) is 5.15. The van der Waals surface area contributed by atoms with Gasteiger partial charge in [-0.05, 0) is 44.9 Å². The zero-order valence-electron chi connectivity index (χ0n) is 10.2. The standard InChI is InChI=1S/C13H18N2O2/c1-13(2)6-3-7-15(13)11-5-4-9(14)8-10(11)12(16)17/h4-5,8H,3,6-7,14H2,1-2H3,(H,16,17). The Bertz CT molecular complexity index is 455. The van der Waals surface area contributed by atoms with E-state index in [2.05, 4.69) is 18.7 Å². The van der Waals surface area contributed by atoms with Gasteiger partial charge in [-0.3, -0.25) is 0 Å². The fourth-order valence-electron chi connectivity index (χ4n) is 2.51. The van der Waals surface area contributed by atoms with Crippen LogP contribution in [0.3, 0.4) is 0 Å². The van der Waals surface area contributed by atoms with Crippen molar-refractivity contribution < 1.29 is 9.90 Å². The van der Waals surface area contributed by atoms with Crippen LogP contribution in [-0.4, -0.2) is 23.2 Å². The summed E-state index contributed by atoms with van der Waals surface area (Å²) in [5.74, 6) is -0.921. The minimum Gasteiger partial charge on any atom is -0.478 e. The summed E-state index contributed by atoms with van der Waals surface area (Å²) in [4.78, 5) is 13.4. The van der Waals surface area contributed by atoms with Crippen LogP contribution >= 0.6 is 0 Å². The first kappa shape index (κ1) is 11.8. The number of hydrogen-bond donors (Lipinski definition) is 2. The minimum atomic E-state index is -0.921. The predicted octanol–water partition coefficient (Wildman–Crippen LogP) is 2.35. The van der Waals surface area contributed by atoms with E-state index >= 15 is 0 Å². The molecule has 0 unspecified atom stereocenters. The third-order valence-corrected chi connectivity index (χ3v) is 3.44. The van der Waals surface area contributed by atoms with E-state index in [9.17, 15) is 9.90 Å². The highest BCUT2D eigenvalue weighted by atomic mass is 16.4. The van der Waals surface area contributed by atoms with Crippen LogP contribution in [-0.2, 0) is 0 Å². The Morgan fingerprint density at radius 3 is 2.71 bits per heavy atom. The van der Waals surface area contributed by atoms with Crippen LogP contribution < -0.4 is 10.6 Å². The molecule has 1 aromatic rings. The van der Waals surface area contributed by atoms with Gasteiger partial charge in [-0.15, -0.1) is 0 Å². The molecule has 1 heterocycles. The molecule has 17 heavy (non-hydrogen) atoms. The topological polar surface area (TPSA) is 66.6 Å². The maximum Gasteiger partial charge on any atom is 0.337 e. The lowest BCUT2D eigenvalue weighted by atomic mass is 10.0. The molecule has 0 aromatic heterocycles. The second kappa shape index (κ2) is 3.95. The third kappa shape index (κ3) is 2.07. The number of nitrogens with zero attached hydrogens (tertiary/aromatic N) is 1. The number of hydrogen-bond acceptors (Lipinski definition) is 3. The molecule has 92 valence electrons. The number of nitrogen functional groups attached to an aromatic ring is 1. The lowest BCUT2D eigenvalue weighted by Crippen LogP contribution is -2.39. The molecule has 4 heteroatoms. The molecule has 1 fully saturated rings. The molecule has 3 N–H and O–H groups in total. The summed E-state index contributed by atoms with van der Waals surface area (Å²) in [7, 11) is 0. The Balaban J connectivity index is 2.48. The van der Waals surface area contributed by atoms with Gasteiger partial charge in [0.1, 0.15) is 0 Å². The number of aromatic carboxylic acids is 1. The van der Waals surface area contributed by atoms with Crippen LogP contribution in [0.1, 0.15) is 37.0 Å². The molecule has 2 rings (SSSR count). The van der Waals surface area contributed by atoms with Gasteiger partial charge in [0.25, 0.3) is 0 Å². The first-order valence-corrected chi connectivity index (χ1v) is 5.82. The van der Waals surface area contributed by atoms with Crippen molar-refractivity contribution in [1.29, 1.82) is 0 Å². The van der Waals surface area contributed by atoms with Gasteiger partial charge < -0.3 is 15.7 Å². The number of rotatable bonds is 2. The van der Waals surface area contributed by atoms with E-state index in [1.807, 2.05) is 6.07 Å². The molecule has 0 atom stereocenters. The Labute approximate surface area is 101 Å². The molecular weight excluding hydrogens is 216 g/mol. The van der Waals surface area contributed by atoms with Gasteiger partial charge >= 0.3 is 5.97 Å². The fraction of sp³-hybridized carbons (Fsp3) is 0.462. The molecule has 0 radical (unpaired) electrons. The van der Waals surface area contributed by atoms with Gasteiger partial charge in [-0.25, -0.2) is 4.79 Å². The fourth-order valence-corrected chi connectivity index (χ4v) is 2.51. The number of carboxylic acid groups (broad SMARTS) is 1. The first-order valence-electron chi connectivity index (χ1n) is 5.82. The molecule has 1 saturated heterocycles. The largest absolute Gasteiger partial charge is 0.478 e. The molecular formula is C13H18N2O2. The van der Waals surface area contributed by atoms with Gasteiger partial charge in [-0.1, -0.05) is 0 Å². The minimum absolute atomic E-state index is 0.0142. The smallest absolute Gasteiger partial charge is 0.337 e. The van der Waals surface area contributed by atoms with Gasteiger partial charge in [0.2, 0.25) is 0 Å². The van der Waals surface area contributed by atoms with Crippen molar-refractivity contribution >= 4 is 17.3 Å². The van der Waals surface area contributed by atoms with E-state index in [1.165, 1.54) is 6.07 Å². The van der Waals surface area contributed by atoms with Crippen molar-refractivity contribution in [2.24, 2.45) is 0 Å². The van der Waals surface area contributed by atoms with E-state index in [1.54, 1.807) is 6.07 Å². The summed E-state index contributed by atoms with van der Waals surface area (Å²) in [6.07, 6.45) is 2.17. The highest BCUT2D eigenvalue weighted by molar-refractivity contribution is 5.95. The average molecular weight is 234 g/mol. The Morgan fingerprint density at radius 1 is 1.47 bits per heavy atom. The number of anilines is 2. The lowest BCUT2D eigenvalue weighted by Gasteiger charge is -2.34. The van der Waals surface area contributed by atoms with Crippen LogP contribution in [0, 0.1) is 0 Å². The van der Waals surface area contributed by atoms with Crippen LogP contribution in [0.4, 0.5) is 11.4 Å². The Morgan fingerprint density at radius 2 is 2.18 bits per heavy atom. The summed E-state index contributed by atoms with van der Waals surface area (Å²) < 4.78 is 0. The predicted molar refractivity (Wildman–Crippen MR) is 68.5 cm³/mol. The quantitative estimate of drug-likeness (QED) is 0.771. The van der Waals surface area contributed by atoms with Crippen molar-refractivity contribution in [3.8, 4) is 0 Å². The molecule has 0 aliphatic carbocycles. The molecule has 1 aromatic carbocycles. The highest BCUT2D eigenvalue weighted by Gasteiger charge is 2.33. The van der Waals surface area contributed by atoms with E-state index < -0.39 is 5.97 Å². The number of nitrogens with two attached hydrogens (primary N) is 1. The Kier molecular flexibility index (Phi) is 2.73. The van der Waals surface area contributed by atoms with Crippen LogP contribution in [0.15, 0.2) is 18.2 Å². The van der Waals surface area contributed by atoms with Crippen molar-refractivity contribution in [3.05, 3.63) is 23.8 Å². The van der Waals surface area contributed by atoms with Crippen LogP contribution in [0.5, 0.6) is 0 Å². The highest BCUT2D eigenvalue weighted by Crippen LogP contribution is 2.36. The van der Waals surface area contributed by atoms with E-state index in [0.717, 1.165) is 25.1 Å². The monoisotopic (exact) mass is 234 g/mol. The van der Waals surface area contributed by atoms with Gasteiger partial charge in [-0.2, -0.15) is 0 Å². The van der Waals surface area contributed by atoms with Crippen molar-refractivity contribution in [2.75, 3.05) is 17.2 Å². The molecule has 4 nitrogen and oxygen atoms in total. The number of benzene rings is 1. The van der Waals surface area contributed by atoms with Gasteiger partial charge in [0, 0.05) is 17.8 Å². The average Bonchev–Trinajstić information content (AvgIpc) is 2.58. The van der Waals surface area contributed by atoms with Crippen molar-refractivity contribution in [3.63, 3.8) is 0 Å². The molecule has 0 spiro atoms. The van der Waals surface area contributed by atoms with E-state index in [4.69, 9.17) is 5.73 Å². The summed E-state index contributed by atoms with van der Waals surface area (Å²) >= 11 is 0. The van der Waals surface area contributed by atoms with E-state index in [0.29, 0.717) is 11.3 Å². The molecule has 1 aliphatic rings.